The van der Waals surface area contributed by atoms with Crippen molar-refractivity contribution in [3.63, 3.8) is 0 Å². The second kappa shape index (κ2) is 15.0. The Labute approximate surface area is 178 Å². The summed E-state index contributed by atoms with van der Waals surface area (Å²) in [7, 11) is 1.91. The number of allylic oxidation sites excluding steroid dienone is 4. The molecule has 2 rings (SSSR count). The average Bonchev–Trinajstić information content (AvgIpc) is 2.79. The quantitative estimate of drug-likeness (QED) is 0.335. The van der Waals surface area contributed by atoms with E-state index >= 15 is 0 Å². The van der Waals surface area contributed by atoms with Gasteiger partial charge in [0.25, 0.3) is 0 Å². The highest BCUT2D eigenvalue weighted by molar-refractivity contribution is 5.56. The molecule has 2 aromatic carbocycles. The van der Waals surface area contributed by atoms with Crippen LogP contribution in [0.4, 0.5) is 10.1 Å². The summed E-state index contributed by atoms with van der Waals surface area (Å²) in [6.45, 7) is 1.44. The Morgan fingerprint density at radius 3 is 1.80 bits per heavy atom. The SMILES string of the molecule is CNc1ccc(/C=C/C=C/C=C/c2ccc(OCCOCCOCC[18F])cc2)cc1. The second-order valence-corrected chi connectivity index (χ2v) is 6.31. The highest BCUT2D eigenvalue weighted by Crippen LogP contribution is 2.13. The largest absolute Gasteiger partial charge is 0.491 e. The number of hydrogen-bond donors (Lipinski definition) is 1. The fraction of sp³-hybridized carbons (Fsp3) is 0.280. The van der Waals surface area contributed by atoms with Gasteiger partial charge in [0.15, 0.2) is 0 Å². The van der Waals surface area contributed by atoms with Crippen molar-refractivity contribution >= 4 is 17.8 Å². The number of hydrogen-bond acceptors (Lipinski definition) is 4. The Morgan fingerprint density at radius 1 is 0.700 bits per heavy atom. The summed E-state index contributed by atoms with van der Waals surface area (Å²) in [5, 5.41) is 3.11. The maximum Gasteiger partial charge on any atom is 0.119 e. The number of benzene rings is 2. The molecule has 4 nitrogen and oxygen atoms in total. The molecule has 0 bridgehead atoms. The van der Waals surface area contributed by atoms with Crippen molar-refractivity contribution < 1.29 is 18.6 Å². The first-order valence-corrected chi connectivity index (χ1v) is 10.1. The first kappa shape index (κ1) is 23.4. The van der Waals surface area contributed by atoms with Crippen molar-refractivity contribution in [3.8, 4) is 5.75 Å². The second-order valence-electron chi connectivity index (χ2n) is 6.31. The van der Waals surface area contributed by atoms with E-state index in [4.69, 9.17) is 14.2 Å². The third-order valence-corrected chi connectivity index (χ3v) is 4.08. The number of alkyl halides is 1. The fourth-order valence-corrected chi connectivity index (χ4v) is 2.49. The topological polar surface area (TPSA) is 39.7 Å². The van der Waals surface area contributed by atoms with Crippen LogP contribution in [-0.4, -0.2) is 46.8 Å². The van der Waals surface area contributed by atoms with Crippen LogP contribution in [0.15, 0.2) is 72.8 Å². The molecule has 0 fully saturated rings. The van der Waals surface area contributed by atoms with Crippen molar-refractivity contribution in [1.82, 2.24) is 0 Å². The summed E-state index contributed by atoms with van der Waals surface area (Å²) in [5.74, 6) is 0.798. The van der Waals surface area contributed by atoms with Gasteiger partial charge in [-0.2, -0.15) is 0 Å². The normalized spacial score (nSPS) is 11.7. The zero-order valence-corrected chi connectivity index (χ0v) is 17.4. The maximum absolute atomic E-state index is 11.8. The smallest absolute Gasteiger partial charge is 0.119 e. The lowest BCUT2D eigenvalue weighted by molar-refractivity contribution is 0.0325. The van der Waals surface area contributed by atoms with E-state index in [2.05, 4.69) is 35.7 Å². The van der Waals surface area contributed by atoms with E-state index in [9.17, 15) is 4.39 Å². The molecule has 0 amide bonds. The van der Waals surface area contributed by atoms with Gasteiger partial charge in [-0.05, 0) is 35.4 Å². The third kappa shape index (κ3) is 10.0. The number of halogens is 1. The molecule has 2 aromatic rings. The van der Waals surface area contributed by atoms with Crippen LogP contribution in [0.5, 0.6) is 5.75 Å². The van der Waals surface area contributed by atoms with Crippen LogP contribution in [-0.2, 0) is 9.47 Å². The number of ether oxygens (including phenoxy) is 3. The molecule has 0 saturated heterocycles. The molecule has 0 aliphatic carbocycles. The van der Waals surface area contributed by atoms with E-state index in [1.54, 1.807) is 0 Å². The molecule has 0 aliphatic heterocycles. The highest BCUT2D eigenvalue weighted by atomic mass is 18.2. The first-order chi connectivity index (χ1) is 14.8. The summed E-state index contributed by atoms with van der Waals surface area (Å²) in [6, 6.07) is 16.1. The van der Waals surface area contributed by atoms with Gasteiger partial charge >= 0.3 is 0 Å². The van der Waals surface area contributed by atoms with Gasteiger partial charge in [0.05, 0.1) is 26.4 Å². The van der Waals surface area contributed by atoms with E-state index in [0.717, 1.165) is 22.6 Å². The summed E-state index contributed by atoms with van der Waals surface area (Å²) >= 11 is 0. The van der Waals surface area contributed by atoms with Gasteiger partial charge < -0.3 is 19.5 Å². The van der Waals surface area contributed by atoms with Gasteiger partial charge in [0.2, 0.25) is 0 Å². The molecule has 1 N–H and O–H groups in total. The van der Waals surface area contributed by atoms with Crippen LogP contribution in [0.3, 0.4) is 0 Å². The molecule has 0 unspecified atom stereocenters. The van der Waals surface area contributed by atoms with E-state index in [1.165, 1.54) is 0 Å². The maximum atomic E-state index is 11.8. The zero-order valence-electron chi connectivity index (χ0n) is 17.4. The molecule has 0 aliphatic rings. The molecular formula is C25H30FNO3. The third-order valence-electron chi connectivity index (χ3n) is 4.08. The Morgan fingerprint density at radius 2 is 1.23 bits per heavy atom. The molecule has 0 saturated carbocycles. The molecule has 0 spiro atoms. The molecule has 5 heteroatoms. The minimum absolute atomic E-state index is 0.124. The Hall–Kier alpha value is -2.89. The summed E-state index contributed by atoms with van der Waals surface area (Å²) < 4.78 is 27.8. The van der Waals surface area contributed by atoms with E-state index in [0.29, 0.717) is 26.4 Å². The van der Waals surface area contributed by atoms with Gasteiger partial charge in [-0.25, -0.2) is 4.39 Å². The minimum atomic E-state index is -0.464. The van der Waals surface area contributed by atoms with Crippen molar-refractivity contribution in [2.24, 2.45) is 0 Å². The Bertz CT molecular complexity index is 783. The molecule has 160 valence electrons. The van der Waals surface area contributed by atoms with Crippen molar-refractivity contribution in [2.75, 3.05) is 52.1 Å². The van der Waals surface area contributed by atoms with Crippen LogP contribution in [0, 0.1) is 0 Å². The monoisotopic (exact) mass is 410 g/mol. The average molecular weight is 411 g/mol. The number of anilines is 1. The van der Waals surface area contributed by atoms with Crippen LogP contribution in [0.2, 0.25) is 0 Å². The van der Waals surface area contributed by atoms with E-state index in [-0.39, 0.29) is 6.61 Å². The van der Waals surface area contributed by atoms with Crippen LogP contribution >= 0.6 is 0 Å². The standard InChI is InChI=1S/C25H30FNO3/c1-27-24-12-8-22(9-13-24)6-4-2-3-5-7-23-10-14-25(15-11-23)30-21-20-29-19-18-28-17-16-26/h2-15,27H,16-21H2,1H3/b3-2+,6-4+,7-5+/i26-1. The molecule has 30 heavy (non-hydrogen) atoms. The van der Waals surface area contributed by atoms with Crippen molar-refractivity contribution in [2.45, 2.75) is 0 Å². The Kier molecular flexibility index (Phi) is 11.7. The first-order valence-electron chi connectivity index (χ1n) is 10.1. The molecule has 0 heterocycles. The Balaban J connectivity index is 1.63. The number of rotatable bonds is 14. The van der Waals surface area contributed by atoms with E-state index < -0.39 is 6.67 Å². The van der Waals surface area contributed by atoms with Gasteiger partial charge in [-0.3, -0.25) is 0 Å². The lowest BCUT2D eigenvalue weighted by atomic mass is 10.2. The fourth-order valence-electron chi connectivity index (χ4n) is 2.49. The highest BCUT2D eigenvalue weighted by Gasteiger charge is 1.95. The lowest BCUT2D eigenvalue weighted by Crippen LogP contribution is -2.11. The predicted octanol–water partition coefficient (Wildman–Crippen LogP) is 5.39. The van der Waals surface area contributed by atoms with Gasteiger partial charge in [0.1, 0.15) is 19.0 Å². The van der Waals surface area contributed by atoms with Crippen molar-refractivity contribution in [1.29, 1.82) is 0 Å². The van der Waals surface area contributed by atoms with Gasteiger partial charge in [-0.1, -0.05) is 60.7 Å². The van der Waals surface area contributed by atoms with Crippen LogP contribution in [0.25, 0.3) is 12.2 Å². The predicted molar refractivity (Wildman–Crippen MR) is 123 cm³/mol. The van der Waals surface area contributed by atoms with Crippen molar-refractivity contribution in [3.05, 3.63) is 84.0 Å². The van der Waals surface area contributed by atoms with Gasteiger partial charge in [-0.15, -0.1) is 0 Å². The van der Waals surface area contributed by atoms with E-state index in [1.807, 2.05) is 61.7 Å². The molecule has 0 atom stereocenters. The molecular weight excluding hydrogens is 380 g/mol. The summed E-state index contributed by atoms with van der Waals surface area (Å²) in [4.78, 5) is 0. The summed E-state index contributed by atoms with van der Waals surface area (Å²) in [6.07, 6.45) is 12.1. The van der Waals surface area contributed by atoms with Gasteiger partial charge in [0, 0.05) is 12.7 Å². The minimum Gasteiger partial charge on any atom is -0.491 e. The number of nitrogens with one attached hydrogen (secondary N) is 1. The van der Waals surface area contributed by atoms with Crippen LogP contribution in [0.1, 0.15) is 11.1 Å². The van der Waals surface area contributed by atoms with Crippen LogP contribution < -0.4 is 10.1 Å². The summed E-state index contributed by atoms with van der Waals surface area (Å²) in [5.41, 5.74) is 3.36. The lowest BCUT2D eigenvalue weighted by Gasteiger charge is -2.07. The zero-order chi connectivity index (χ0) is 21.3. The molecule has 0 aromatic heterocycles. The molecule has 0 radical (unpaired) electrons.